The Balaban J connectivity index is 2.07. The van der Waals surface area contributed by atoms with Crippen molar-refractivity contribution in [3.05, 3.63) is 45.1 Å². The van der Waals surface area contributed by atoms with Gasteiger partial charge in [-0.1, -0.05) is 32.4 Å². The molecule has 0 saturated heterocycles. The Bertz CT molecular complexity index is 586. The number of halogens is 1. The molecule has 0 aliphatic heterocycles. The number of ether oxygens (including phenoxy) is 1. The SMILES string of the molecule is COc1ccc(Cl)c(NCc2ccc(C(C)(C)C)s2)c1. The number of anilines is 1. The molecule has 0 saturated carbocycles. The molecule has 0 radical (unpaired) electrons. The minimum atomic E-state index is 0.205. The van der Waals surface area contributed by atoms with Gasteiger partial charge in [0.2, 0.25) is 0 Å². The van der Waals surface area contributed by atoms with E-state index in [-0.39, 0.29) is 5.41 Å². The van der Waals surface area contributed by atoms with Crippen LogP contribution in [0.4, 0.5) is 5.69 Å². The van der Waals surface area contributed by atoms with Gasteiger partial charge in [-0.3, -0.25) is 0 Å². The Kier molecular flexibility index (Phi) is 4.61. The van der Waals surface area contributed by atoms with E-state index in [1.54, 1.807) is 7.11 Å². The van der Waals surface area contributed by atoms with E-state index in [0.29, 0.717) is 5.02 Å². The van der Waals surface area contributed by atoms with Crippen LogP contribution in [-0.2, 0) is 12.0 Å². The van der Waals surface area contributed by atoms with Crippen LogP contribution in [0.15, 0.2) is 30.3 Å². The highest BCUT2D eigenvalue weighted by Crippen LogP contribution is 2.31. The standard InChI is InChI=1S/C16H20ClNOS/c1-16(2,3)15-8-6-12(20-15)10-18-14-9-11(19-4)5-7-13(14)17/h5-9,18H,10H2,1-4H3. The summed E-state index contributed by atoms with van der Waals surface area (Å²) in [6, 6.07) is 10.00. The summed E-state index contributed by atoms with van der Waals surface area (Å²) in [6.45, 7) is 7.46. The van der Waals surface area contributed by atoms with Crippen LogP contribution in [0.3, 0.4) is 0 Å². The minimum absolute atomic E-state index is 0.205. The normalized spacial score (nSPS) is 11.4. The second kappa shape index (κ2) is 6.06. The smallest absolute Gasteiger partial charge is 0.121 e. The van der Waals surface area contributed by atoms with Crippen molar-refractivity contribution in [1.82, 2.24) is 0 Å². The molecule has 2 nitrogen and oxygen atoms in total. The Morgan fingerprint density at radius 1 is 1.20 bits per heavy atom. The predicted octanol–water partition coefficient (Wildman–Crippen LogP) is 5.32. The fraction of sp³-hybridized carbons (Fsp3) is 0.375. The Morgan fingerprint density at radius 3 is 2.55 bits per heavy atom. The van der Waals surface area contributed by atoms with Crippen molar-refractivity contribution in [1.29, 1.82) is 0 Å². The van der Waals surface area contributed by atoms with Gasteiger partial charge < -0.3 is 10.1 Å². The Morgan fingerprint density at radius 2 is 1.95 bits per heavy atom. The number of rotatable bonds is 4. The maximum atomic E-state index is 6.18. The van der Waals surface area contributed by atoms with Gasteiger partial charge in [-0.2, -0.15) is 0 Å². The molecule has 0 bridgehead atoms. The van der Waals surface area contributed by atoms with Crippen molar-refractivity contribution in [3.63, 3.8) is 0 Å². The van der Waals surface area contributed by atoms with Crippen LogP contribution in [0.5, 0.6) is 5.75 Å². The van der Waals surface area contributed by atoms with Crippen LogP contribution < -0.4 is 10.1 Å². The second-order valence-corrected chi connectivity index (χ2v) is 7.29. The highest BCUT2D eigenvalue weighted by Gasteiger charge is 2.16. The first-order chi connectivity index (χ1) is 9.40. The number of hydrogen-bond acceptors (Lipinski definition) is 3. The molecular formula is C16H20ClNOS. The second-order valence-electron chi connectivity index (χ2n) is 5.72. The van der Waals surface area contributed by atoms with Crippen molar-refractivity contribution in [2.75, 3.05) is 12.4 Å². The minimum Gasteiger partial charge on any atom is -0.497 e. The molecule has 2 rings (SSSR count). The number of thiophene rings is 1. The number of nitrogens with one attached hydrogen (secondary N) is 1. The van der Waals surface area contributed by atoms with Crippen molar-refractivity contribution >= 4 is 28.6 Å². The number of hydrogen-bond donors (Lipinski definition) is 1. The van der Waals surface area contributed by atoms with Crippen LogP contribution in [-0.4, -0.2) is 7.11 Å². The van der Waals surface area contributed by atoms with Gasteiger partial charge in [-0.05, 0) is 29.7 Å². The topological polar surface area (TPSA) is 21.3 Å². The van der Waals surface area contributed by atoms with Gasteiger partial charge in [0.15, 0.2) is 0 Å². The van der Waals surface area contributed by atoms with Crippen LogP contribution in [0.1, 0.15) is 30.5 Å². The molecule has 1 N–H and O–H groups in total. The van der Waals surface area contributed by atoms with Gasteiger partial charge in [-0.25, -0.2) is 0 Å². The molecule has 2 aromatic rings. The van der Waals surface area contributed by atoms with Gasteiger partial charge in [0.25, 0.3) is 0 Å². The van der Waals surface area contributed by atoms with Crippen LogP contribution in [0.25, 0.3) is 0 Å². The highest BCUT2D eigenvalue weighted by molar-refractivity contribution is 7.12. The van der Waals surface area contributed by atoms with Crippen molar-refractivity contribution in [3.8, 4) is 5.75 Å². The lowest BCUT2D eigenvalue weighted by Crippen LogP contribution is -2.07. The first-order valence-corrected chi connectivity index (χ1v) is 7.76. The van der Waals surface area contributed by atoms with Crippen LogP contribution >= 0.6 is 22.9 Å². The summed E-state index contributed by atoms with van der Waals surface area (Å²) in [4.78, 5) is 2.69. The summed E-state index contributed by atoms with van der Waals surface area (Å²) in [5, 5.41) is 4.07. The molecule has 108 valence electrons. The molecule has 0 atom stereocenters. The molecule has 0 spiro atoms. The quantitative estimate of drug-likeness (QED) is 0.825. The van der Waals surface area contributed by atoms with E-state index in [0.717, 1.165) is 18.0 Å². The summed E-state index contributed by atoms with van der Waals surface area (Å²) in [5.41, 5.74) is 1.10. The van der Waals surface area contributed by atoms with Gasteiger partial charge in [0, 0.05) is 22.4 Å². The summed E-state index contributed by atoms with van der Waals surface area (Å²) in [5.74, 6) is 0.804. The van der Waals surface area contributed by atoms with E-state index in [1.807, 2.05) is 29.5 Å². The van der Waals surface area contributed by atoms with E-state index in [4.69, 9.17) is 16.3 Å². The Labute approximate surface area is 129 Å². The molecule has 1 aromatic carbocycles. The van der Waals surface area contributed by atoms with Crippen molar-refractivity contribution in [2.45, 2.75) is 32.7 Å². The van der Waals surface area contributed by atoms with E-state index in [9.17, 15) is 0 Å². The molecule has 1 aromatic heterocycles. The van der Waals surface area contributed by atoms with E-state index < -0.39 is 0 Å². The molecule has 4 heteroatoms. The van der Waals surface area contributed by atoms with Crippen LogP contribution in [0, 0.1) is 0 Å². The predicted molar refractivity (Wildman–Crippen MR) is 88.3 cm³/mol. The largest absolute Gasteiger partial charge is 0.497 e. The van der Waals surface area contributed by atoms with Gasteiger partial charge >= 0.3 is 0 Å². The molecule has 1 heterocycles. The van der Waals surface area contributed by atoms with Crippen LogP contribution in [0.2, 0.25) is 5.02 Å². The van der Waals surface area contributed by atoms with Gasteiger partial charge in [0.1, 0.15) is 5.75 Å². The van der Waals surface area contributed by atoms with E-state index in [1.165, 1.54) is 9.75 Å². The van der Waals surface area contributed by atoms with Gasteiger partial charge in [0.05, 0.1) is 17.8 Å². The third-order valence-electron chi connectivity index (χ3n) is 3.03. The number of benzene rings is 1. The fourth-order valence-corrected chi connectivity index (χ4v) is 3.01. The summed E-state index contributed by atoms with van der Waals surface area (Å²) in [7, 11) is 1.65. The maximum Gasteiger partial charge on any atom is 0.121 e. The van der Waals surface area contributed by atoms with E-state index in [2.05, 4.69) is 38.2 Å². The Hall–Kier alpha value is -1.19. The average Bonchev–Trinajstić information content (AvgIpc) is 2.86. The monoisotopic (exact) mass is 309 g/mol. The molecule has 0 amide bonds. The molecule has 20 heavy (non-hydrogen) atoms. The highest BCUT2D eigenvalue weighted by atomic mass is 35.5. The molecule has 0 unspecified atom stereocenters. The molecular weight excluding hydrogens is 290 g/mol. The third-order valence-corrected chi connectivity index (χ3v) is 4.87. The first-order valence-electron chi connectivity index (χ1n) is 6.57. The van der Waals surface area contributed by atoms with Crippen molar-refractivity contribution in [2.24, 2.45) is 0 Å². The maximum absolute atomic E-state index is 6.18. The summed E-state index contributed by atoms with van der Waals surface area (Å²) < 4.78 is 5.21. The molecule has 0 aliphatic carbocycles. The summed E-state index contributed by atoms with van der Waals surface area (Å²) >= 11 is 8.02. The lowest BCUT2D eigenvalue weighted by molar-refractivity contribution is 0.415. The molecule has 0 fully saturated rings. The zero-order chi connectivity index (χ0) is 14.8. The number of methoxy groups -OCH3 is 1. The van der Waals surface area contributed by atoms with E-state index >= 15 is 0 Å². The molecule has 0 aliphatic rings. The van der Waals surface area contributed by atoms with Gasteiger partial charge in [-0.15, -0.1) is 11.3 Å². The lowest BCUT2D eigenvalue weighted by Gasteiger charge is -2.15. The average molecular weight is 310 g/mol. The third kappa shape index (κ3) is 3.68. The zero-order valence-electron chi connectivity index (χ0n) is 12.3. The zero-order valence-corrected chi connectivity index (χ0v) is 13.9. The summed E-state index contributed by atoms with van der Waals surface area (Å²) in [6.07, 6.45) is 0. The van der Waals surface area contributed by atoms with Crippen molar-refractivity contribution < 1.29 is 4.74 Å². The fourth-order valence-electron chi connectivity index (χ4n) is 1.83. The lowest BCUT2D eigenvalue weighted by atomic mass is 9.95. The first kappa shape index (κ1) is 15.2.